The lowest BCUT2D eigenvalue weighted by molar-refractivity contribution is 0.355. The molecule has 28 heavy (non-hydrogen) atoms. The maximum atomic E-state index is 12.3. The minimum atomic E-state index is -3.27. The zero-order chi connectivity index (χ0) is 19.7. The topological polar surface area (TPSA) is 89.0 Å². The molecule has 0 amide bonds. The zero-order valence-corrected chi connectivity index (χ0v) is 19.3. The molecule has 2 aromatic rings. The summed E-state index contributed by atoms with van der Waals surface area (Å²) in [6, 6.07) is 13.9. The molecule has 7 nitrogen and oxygen atoms in total. The number of anilines is 1. The van der Waals surface area contributed by atoms with Gasteiger partial charge in [-0.1, -0.05) is 18.2 Å². The highest BCUT2D eigenvalue weighted by molar-refractivity contribution is 14.0. The van der Waals surface area contributed by atoms with Crippen molar-refractivity contribution in [3.8, 4) is 11.5 Å². The molecule has 0 fully saturated rings. The molecule has 0 unspecified atom stereocenters. The Labute approximate surface area is 183 Å². The molecule has 2 rings (SSSR count). The Morgan fingerprint density at radius 1 is 1.04 bits per heavy atom. The summed E-state index contributed by atoms with van der Waals surface area (Å²) >= 11 is 0. The van der Waals surface area contributed by atoms with Crippen LogP contribution in [0.4, 0.5) is 5.69 Å². The third kappa shape index (κ3) is 6.86. The fraction of sp³-hybridized carbons (Fsp3) is 0.316. The fourth-order valence-electron chi connectivity index (χ4n) is 2.44. The molecule has 0 aliphatic heterocycles. The monoisotopic (exact) mass is 519 g/mol. The third-order valence-electron chi connectivity index (χ3n) is 3.85. The number of ether oxygens (including phenoxy) is 2. The lowest BCUT2D eigenvalue weighted by Crippen LogP contribution is -2.32. The van der Waals surface area contributed by atoms with Gasteiger partial charge >= 0.3 is 0 Å². The second kappa shape index (κ2) is 11.7. The van der Waals surface area contributed by atoms with E-state index in [1.54, 1.807) is 63.7 Å². The number of halogens is 1. The SMILES string of the molecule is CN=C(NCCCS(=O)(=O)c1ccccc1)Nc1ccc(OC)c(OC)c1.I. The second-order valence-corrected chi connectivity index (χ2v) is 7.79. The Hall–Kier alpha value is -2.01. The van der Waals surface area contributed by atoms with E-state index in [1.807, 2.05) is 6.07 Å². The molecule has 0 spiro atoms. The Kier molecular flexibility index (Phi) is 10.1. The first-order valence-electron chi connectivity index (χ1n) is 8.47. The van der Waals surface area contributed by atoms with E-state index in [0.717, 1.165) is 5.69 Å². The largest absolute Gasteiger partial charge is 0.493 e. The lowest BCUT2D eigenvalue weighted by Gasteiger charge is -2.14. The molecule has 0 aliphatic carbocycles. The van der Waals surface area contributed by atoms with Crippen LogP contribution in [0.15, 0.2) is 58.4 Å². The Morgan fingerprint density at radius 2 is 1.71 bits per heavy atom. The van der Waals surface area contributed by atoms with Crippen molar-refractivity contribution < 1.29 is 17.9 Å². The standard InChI is InChI=1S/C19H25N3O4S.HI/c1-20-19(22-15-10-11-17(25-2)18(14-15)26-3)21-12-7-13-27(23,24)16-8-5-4-6-9-16;/h4-6,8-11,14H,7,12-13H2,1-3H3,(H2,20,21,22);1H. The number of nitrogens with one attached hydrogen (secondary N) is 2. The molecule has 0 aliphatic rings. The fourth-order valence-corrected chi connectivity index (χ4v) is 3.78. The minimum absolute atomic E-state index is 0. The molecule has 154 valence electrons. The zero-order valence-electron chi connectivity index (χ0n) is 16.1. The smallest absolute Gasteiger partial charge is 0.195 e. The van der Waals surface area contributed by atoms with Gasteiger partial charge in [0.05, 0.1) is 24.9 Å². The first-order chi connectivity index (χ1) is 13.0. The summed E-state index contributed by atoms with van der Waals surface area (Å²) in [4.78, 5) is 4.49. The highest BCUT2D eigenvalue weighted by Crippen LogP contribution is 2.29. The van der Waals surface area contributed by atoms with Crippen molar-refractivity contribution in [2.24, 2.45) is 4.99 Å². The van der Waals surface area contributed by atoms with E-state index in [0.29, 0.717) is 35.3 Å². The highest BCUT2D eigenvalue weighted by atomic mass is 127. The number of benzene rings is 2. The highest BCUT2D eigenvalue weighted by Gasteiger charge is 2.13. The Bertz CT molecular complexity index is 874. The Morgan fingerprint density at radius 3 is 2.32 bits per heavy atom. The van der Waals surface area contributed by atoms with Crippen LogP contribution in [-0.2, 0) is 9.84 Å². The van der Waals surface area contributed by atoms with Crippen molar-refractivity contribution >= 4 is 45.5 Å². The van der Waals surface area contributed by atoms with Crippen LogP contribution in [0, 0.1) is 0 Å². The van der Waals surface area contributed by atoms with E-state index in [1.165, 1.54) is 0 Å². The van der Waals surface area contributed by atoms with E-state index in [4.69, 9.17) is 9.47 Å². The molecule has 0 heterocycles. The average Bonchev–Trinajstić information content (AvgIpc) is 2.70. The van der Waals surface area contributed by atoms with E-state index in [2.05, 4.69) is 15.6 Å². The van der Waals surface area contributed by atoms with Crippen molar-refractivity contribution in [1.82, 2.24) is 5.32 Å². The number of hydrogen-bond donors (Lipinski definition) is 2. The summed E-state index contributed by atoms with van der Waals surface area (Å²) < 4.78 is 35.0. The van der Waals surface area contributed by atoms with Crippen LogP contribution in [0.3, 0.4) is 0 Å². The Balaban J connectivity index is 0.00000392. The van der Waals surface area contributed by atoms with Gasteiger partial charge in [-0.15, -0.1) is 24.0 Å². The maximum absolute atomic E-state index is 12.3. The molecule has 0 radical (unpaired) electrons. The lowest BCUT2D eigenvalue weighted by atomic mass is 10.3. The van der Waals surface area contributed by atoms with E-state index < -0.39 is 9.84 Å². The molecule has 0 aromatic heterocycles. The van der Waals surface area contributed by atoms with Crippen molar-refractivity contribution in [3.05, 3.63) is 48.5 Å². The molecule has 0 saturated heterocycles. The van der Waals surface area contributed by atoms with E-state index in [9.17, 15) is 8.42 Å². The summed E-state index contributed by atoms with van der Waals surface area (Å²) in [7, 11) is 1.53. The molecule has 2 aromatic carbocycles. The summed E-state index contributed by atoms with van der Waals surface area (Å²) in [5, 5.41) is 6.25. The predicted octanol–water partition coefficient (Wildman–Crippen LogP) is 3.17. The molecule has 0 saturated carbocycles. The number of guanidine groups is 1. The average molecular weight is 519 g/mol. The predicted molar refractivity (Wildman–Crippen MR) is 123 cm³/mol. The van der Waals surface area contributed by atoms with Gasteiger partial charge in [0.15, 0.2) is 27.3 Å². The third-order valence-corrected chi connectivity index (χ3v) is 5.67. The van der Waals surface area contributed by atoms with Gasteiger partial charge in [0.2, 0.25) is 0 Å². The van der Waals surface area contributed by atoms with Crippen molar-refractivity contribution in [2.45, 2.75) is 11.3 Å². The molecule has 0 atom stereocenters. The summed E-state index contributed by atoms with van der Waals surface area (Å²) in [6.07, 6.45) is 0.462. The van der Waals surface area contributed by atoms with Crippen molar-refractivity contribution in [3.63, 3.8) is 0 Å². The number of sulfone groups is 1. The molecule has 2 N–H and O–H groups in total. The van der Waals surface area contributed by atoms with Crippen molar-refractivity contribution in [1.29, 1.82) is 0 Å². The van der Waals surface area contributed by atoms with Gasteiger partial charge < -0.3 is 20.1 Å². The van der Waals surface area contributed by atoms with E-state index >= 15 is 0 Å². The van der Waals surface area contributed by atoms with Gasteiger partial charge in [0.25, 0.3) is 0 Å². The van der Waals surface area contributed by atoms with Gasteiger partial charge in [0.1, 0.15) is 0 Å². The minimum Gasteiger partial charge on any atom is -0.493 e. The quantitative estimate of drug-likeness (QED) is 0.241. The van der Waals surface area contributed by atoms with Gasteiger partial charge in [-0.2, -0.15) is 0 Å². The van der Waals surface area contributed by atoms with Crippen LogP contribution in [0.5, 0.6) is 11.5 Å². The maximum Gasteiger partial charge on any atom is 0.195 e. The van der Waals surface area contributed by atoms with E-state index in [-0.39, 0.29) is 29.7 Å². The number of aliphatic imine (C=N–C) groups is 1. The number of hydrogen-bond acceptors (Lipinski definition) is 5. The van der Waals surface area contributed by atoms with Crippen LogP contribution in [0.1, 0.15) is 6.42 Å². The van der Waals surface area contributed by atoms with Gasteiger partial charge in [-0.05, 0) is 30.7 Å². The molecular formula is C19H26IN3O4S. The van der Waals surface area contributed by atoms with Crippen LogP contribution >= 0.6 is 24.0 Å². The summed E-state index contributed by atoms with van der Waals surface area (Å²) in [6.45, 7) is 0.471. The van der Waals surface area contributed by atoms with Gasteiger partial charge in [-0.25, -0.2) is 8.42 Å². The van der Waals surface area contributed by atoms with Crippen LogP contribution in [-0.4, -0.2) is 47.9 Å². The number of methoxy groups -OCH3 is 2. The van der Waals surface area contributed by atoms with Crippen LogP contribution in [0.2, 0.25) is 0 Å². The summed E-state index contributed by atoms with van der Waals surface area (Å²) in [5.41, 5.74) is 0.776. The number of nitrogens with zero attached hydrogens (tertiary/aromatic N) is 1. The van der Waals surface area contributed by atoms with Crippen molar-refractivity contribution in [2.75, 3.05) is 38.9 Å². The second-order valence-electron chi connectivity index (χ2n) is 5.68. The normalized spacial score (nSPS) is 11.3. The first-order valence-corrected chi connectivity index (χ1v) is 10.1. The van der Waals surface area contributed by atoms with Crippen LogP contribution < -0.4 is 20.1 Å². The van der Waals surface area contributed by atoms with Crippen LogP contribution in [0.25, 0.3) is 0 Å². The molecule has 9 heteroatoms. The number of rotatable bonds is 8. The molecule has 0 bridgehead atoms. The molecular weight excluding hydrogens is 493 g/mol. The van der Waals surface area contributed by atoms with Gasteiger partial charge in [0, 0.05) is 25.3 Å². The summed E-state index contributed by atoms with van der Waals surface area (Å²) in [5.74, 6) is 1.85. The van der Waals surface area contributed by atoms with Gasteiger partial charge in [-0.3, -0.25) is 4.99 Å². The first kappa shape index (κ1) is 24.0.